The van der Waals surface area contributed by atoms with Crippen LogP contribution in [0.4, 0.5) is 4.79 Å². The molecule has 2 N–H and O–H groups in total. The summed E-state index contributed by atoms with van der Waals surface area (Å²) < 4.78 is 5.33. The SMILES string of the molecule is CC(NCC(NC(=O)OC(C)(C)C)C(C)C)c1ccc(Cl)cc1. The molecule has 0 heterocycles. The van der Waals surface area contributed by atoms with Crippen molar-refractivity contribution in [3.63, 3.8) is 0 Å². The molecule has 23 heavy (non-hydrogen) atoms. The van der Waals surface area contributed by atoms with E-state index in [1.165, 1.54) is 0 Å². The van der Waals surface area contributed by atoms with E-state index in [0.717, 1.165) is 10.6 Å². The highest BCUT2D eigenvalue weighted by Crippen LogP contribution is 2.16. The van der Waals surface area contributed by atoms with Crippen LogP contribution < -0.4 is 10.6 Å². The molecule has 1 aromatic carbocycles. The van der Waals surface area contributed by atoms with E-state index >= 15 is 0 Å². The van der Waals surface area contributed by atoms with Crippen LogP contribution in [0.3, 0.4) is 0 Å². The van der Waals surface area contributed by atoms with Gasteiger partial charge in [0.1, 0.15) is 5.60 Å². The Kier molecular flexibility index (Phi) is 7.36. The van der Waals surface area contributed by atoms with E-state index in [2.05, 4.69) is 31.4 Å². The zero-order valence-corrected chi connectivity index (χ0v) is 15.7. The Balaban J connectivity index is 2.56. The number of rotatable bonds is 6. The lowest BCUT2D eigenvalue weighted by molar-refractivity contribution is 0.0489. The molecule has 0 saturated carbocycles. The fraction of sp³-hybridized carbons (Fsp3) is 0.611. The molecule has 0 spiro atoms. The van der Waals surface area contributed by atoms with E-state index in [0.29, 0.717) is 12.5 Å². The van der Waals surface area contributed by atoms with E-state index in [1.54, 1.807) is 0 Å². The molecule has 130 valence electrons. The van der Waals surface area contributed by atoms with Gasteiger partial charge in [0.05, 0.1) is 0 Å². The van der Waals surface area contributed by atoms with Gasteiger partial charge >= 0.3 is 6.09 Å². The second-order valence-corrected chi connectivity index (χ2v) is 7.61. The average Bonchev–Trinajstić information content (AvgIpc) is 2.41. The lowest BCUT2D eigenvalue weighted by Crippen LogP contribution is -2.47. The van der Waals surface area contributed by atoms with E-state index in [4.69, 9.17) is 16.3 Å². The molecule has 2 unspecified atom stereocenters. The minimum atomic E-state index is -0.490. The molecule has 0 aliphatic rings. The van der Waals surface area contributed by atoms with E-state index in [-0.39, 0.29) is 18.2 Å². The quantitative estimate of drug-likeness (QED) is 0.799. The number of ether oxygens (including phenoxy) is 1. The van der Waals surface area contributed by atoms with Gasteiger partial charge in [-0.15, -0.1) is 0 Å². The second-order valence-electron chi connectivity index (χ2n) is 7.18. The zero-order valence-electron chi connectivity index (χ0n) is 14.9. The first-order chi connectivity index (χ1) is 10.6. The van der Waals surface area contributed by atoms with Crippen LogP contribution in [-0.2, 0) is 4.74 Å². The largest absolute Gasteiger partial charge is 0.444 e. The number of carbonyl (C=O) groups is 1. The smallest absolute Gasteiger partial charge is 0.407 e. The van der Waals surface area contributed by atoms with Crippen LogP contribution >= 0.6 is 11.6 Å². The lowest BCUT2D eigenvalue weighted by Gasteiger charge is -2.27. The van der Waals surface area contributed by atoms with Crippen molar-refractivity contribution in [1.29, 1.82) is 0 Å². The Morgan fingerprint density at radius 2 is 1.74 bits per heavy atom. The molecular formula is C18H29ClN2O2. The molecule has 2 atom stereocenters. The van der Waals surface area contributed by atoms with E-state index < -0.39 is 5.60 Å². The summed E-state index contributed by atoms with van der Waals surface area (Å²) in [5.74, 6) is 0.299. The van der Waals surface area contributed by atoms with Gasteiger partial charge < -0.3 is 15.4 Å². The van der Waals surface area contributed by atoms with Crippen molar-refractivity contribution in [1.82, 2.24) is 10.6 Å². The van der Waals surface area contributed by atoms with Crippen molar-refractivity contribution in [2.75, 3.05) is 6.54 Å². The molecule has 1 rings (SSSR count). The van der Waals surface area contributed by atoms with Gasteiger partial charge in [-0.25, -0.2) is 4.79 Å². The van der Waals surface area contributed by atoms with Crippen molar-refractivity contribution >= 4 is 17.7 Å². The highest BCUT2D eigenvalue weighted by Gasteiger charge is 2.21. The predicted molar refractivity (Wildman–Crippen MR) is 95.9 cm³/mol. The number of hydrogen-bond acceptors (Lipinski definition) is 3. The van der Waals surface area contributed by atoms with Crippen molar-refractivity contribution < 1.29 is 9.53 Å². The summed E-state index contributed by atoms with van der Waals surface area (Å²) in [6.07, 6.45) is -0.378. The van der Waals surface area contributed by atoms with Gasteiger partial charge in [-0.1, -0.05) is 37.6 Å². The minimum absolute atomic E-state index is 0.000370. The standard InChI is InChI=1S/C18H29ClN2O2/c1-12(2)16(21-17(22)23-18(4,5)6)11-20-13(3)14-7-9-15(19)10-8-14/h7-10,12-13,16,20H,11H2,1-6H3,(H,21,22). The number of amides is 1. The Morgan fingerprint density at radius 1 is 1.17 bits per heavy atom. The summed E-state index contributed by atoms with van der Waals surface area (Å²) in [5.41, 5.74) is 0.671. The predicted octanol–water partition coefficient (Wildman–Crippen LogP) is 4.54. The van der Waals surface area contributed by atoms with Crippen LogP contribution in [0.1, 0.15) is 53.1 Å². The Hall–Kier alpha value is -1.26. The van der Waals surface area contributed by atoms with Gasteiger partial charge in [-0.05, 0) is 51.3 Å². The number of alkyl carbamates (subject to hydrolysis) is 1. The maximum Gasteiger partial charge on any atom is 0.407 e. The summed E-state index contributed by atoms with van der Waals surface area (Å²) in [5, 5.41) is 7.13. The van der Waals surface area contributed by atoms with E-state index in [9.17, 15) is 4.79 Å². The lowest BCUT2D eigenvalue weighted by atomic mass is 10.0. The zero-order chi connectivity index (χ0) is 17.6. The molecule has 0 aliphatic heterocycles. The third-order valence-corrected chi connectivity index (χ3v) is 3.77. The molecule has 1 aromatic rings. The molecule has 1 amide bonds. The Labute approximate surface area is 144 Å². The first-order valence-corrected chi connectivity index (χ1v) is 8.44. The van der Waals surface area contributed by atoms with Gasteiger partial charge in [0.15, 0.2) is 0 Å². The highest BCUT2D eigenvalue weighted by atomic mass is 35.5. The molecule has 0 saturated heterocycles. The summed E-state index contributed by atoms with van der Waals surface area (Å²) >= 11 is 5.91. The molecule has 0 radical (unpaired) electrons. The number of halogens is 1. The van der Waals surface area contributed by atoms with Gasteiger partial charge in [0.2, 0.25) is 0 Å². The Morgan fingerprint density at radius 3 is 2.22 bits per heavy atom. The minimum Gasteiger partial charge on any atom is -0.444 e. The number of nitrogens with one attached hydrogen (secondary N) is 2. The number of benzene rings is 1. The van der Waals surface area contributed by atoms with Crippen LogP contribution in [0, 0.1) is 5.92 Å². The van der Waals surface area contributed by atoms with Crippen LogP contribution in [0.25, 0.3) is 0 Å². The average molecular weight is 341 g/mol. The fourth-order valence-electron chi connectivity index (χ4n) is 2.09. The summed E-state index contributed by atoms with van der Waals surface area (Å²) in [6.45, 7) is 12.5. The molecule has 0 fully saturated rings. The maximum atomic E-state index is 11.9. The summed E-state index contributed by atoms with van der Waals surface area (Å²) in [4.78, 5) is 11.9. The maximum absolute atomic E-state index is 11.9. The molecule has 0 bridgehead atoms. The molecule has 5 heteroatoms. The Bertz CT molecular complexity index is 495. The normalized spacial score (nSPS) is 14.4. The van der Waals surface area contributed by atoms with Gasteiger partial charge in [-0.2, -0.15) is 0 Å². The summed E-state index contributed by atoms with van der Waals surface area (Å²) in [7, 11) is 0. The van der Waals surface area contributed by atoms with Crippen molar-refractivity contribution in [2.24, 2.45) is 5.92 Å². The van der Waals surface area contributed by atoms with Gasteiger partial charge in [-0.3, -0.25) is 0 Å². The second kappa shape index (κ2) is 8.55. The highest BCUT2D eigenvalue weighted by molar-refractivity contribution is 6.30. The van der Waals surface area contributed by atoms with Gasteiger partial charge in [0.25, 0.3) is 0 Å². The van der Waals surface area contributed by atoms with Gasteiger partial charge in [0, 0.05) is 23.7 Å². The topological polar surface area (TPSA) is 50.4 Å². The number of hydrogen-bond donors (Lipinski definition) is 2. The molecule has 4 nitrogen and oxygen atoms in total. The van der Waals surface area contributed by atoms with Crippen LogP contribution in [0.15, 0.2) is 24.3 Å². The van der Waals surface area contributed by atoms with Crippen LogP contribution in [0.2, 0.25) is 5.02 Å². The monoisotopic (exact) mass is 340 g/mol. The van der Waals surface area contributed by atoms with Crippen molar-refractivity contribution in [2.45, 2.75) is 59.2 Å². The van der Waals surface area contributed by atoms with Crippen LogP contribution in [0.5, 0.6) is 0 Å². The molecule has 0 aliphatic carbocycles. The third-order valence-electron chi connectivity index (χ3n) is 3.52. The van der Waals surface area contributed by atoms with Crippen LogP contribution in [-0.4, -0.2) is 24.3 Å². The first kappa shape index (κ1) is 19.8. The van der Waals surface area contributed by atoms with Crippen molar-refractivity contribution in [3.05, 3.63) is 34.9 Å². The fourth-order valence-corrected chi connectivity index (χ4v) is 2.21. The first-order valence-electron chi connectivity index (χ1n) is 8.07. The number of carbonyl (C=O) groups excluding carboxylic acids is 1. The molecule has 0 aromatic heterocycles. The third kappa shape index (κ3) is 7.71. The molecular weight excluding hydrogens is 312 g/mol. The van der Waals surface area contributed by atoms with Crippen molar-refractivity contribution in [3.8, 4) is 0 Å². The summed E-state index contributed by atoms with van der Waals surface area (Å²) in [6, 6.07) is 7.95. The van der Waals surface area contributed by atoms with E-state index in [1.807, 2.05) is 45.0 Å².